The van der Waals surface area contributed by atoms with E-state index in [1.807, 2.05) is 4.90 Å². The van der Waals surface area contributed by atoms with Crippen LogP contribution in [0.2, 0.25) is 0 Å². The first-order valence-electron chi connectivity index (χ1n) is 10.3. The van der Waals surface area contributed by atoms with Gasteiger partial charge in [-0.3, -0.25) is 14.5 Å². The van der Waals surface area contributed by atoms with E-state index in [4.69, 9.17) is 5.11 Å². The molecule has 8 nitrogen and oxygen atoms in total. The maximum atomic E-state index is 14.6. The van der Waals surface area contributed by atoms with Gasteiger partial charge in [0.2, 0.25) is 0 Å². The number of aromatic nitrogens is 4. The van der Waals surface area contributed by atoms with E-state index in [2.05, 4.69) is 28.2 Å². The zero-order valence-electron chi connectivity index (χ0n) is 17.3. The first-order chi connectivity index (χ1) is 14.9. The summed E-state index contributed by atoms with van der Waals surface area (Å²) >= 11 is 4.68. The summed E-state index contributed by atoms with van der Waals surface area (Å²) in [7, 11) is 0. The summed E-state index contributed by atoms with van der Waals surface area (Å²) < 4.78 is 16.1. The van der Waals surface area contributed by atoms with E-state index < -0.39 is 12.0 Å². The molecule has 4 rings (SSSR count). The van der Waals surface area contributed by atoms with Crippen molar-refractivity contribution in [2.24, 2.45) is 5.92 Å². The number of tetrazole rings is 1. The van der Waals surface area contributed by atoms with Gasteiger partial charge >= 0.3 is 5.97 Å². The fraction of sp³-hybridized carbons (Fsp3) is 0.476. The highest BCUT2D eigenvalue weighted by Gasteiger charge is 2.40. The summed E-state index contributed by atoms with van der Waals surface area (Å²) in [5.41, 5.74) is 1.31. The molecule has 2 atom stereocenters. The number of Topliss-reactive ketones (excluding diaryl/α,β-unsaturated/α-hetero) is 1. The molecule has 1 aromatic carbocycles. The number of thiol groups is 1. The van der Waals surface area contributed by atoms with Gasteiger partial charge in [-0.2, -0.15) is 12.6 Å². The monoisotopic (exact) mass is 481 g/mol. The van der Waals surface area contributed by atoms with Crippen molar-refractivity contribution in [3.63, 3.8) is 0 Å². The molecule has 2 aromatic rings. The number of halogens is 2. The van der Waals surface area contributed by atoms with Crippen LogP contribution in [0.1, 0.15) is 43.1 Å². The Morgan fingerprint density at radius 3 is 2.72 bits per heavy atom. The molecule has 2 heterocycles. The second kappa shape index (κ2) is 10.5. The number of rotatable bonds is 8. The van der Waals surface area contributed by atoms with Gasteiger partial charge in [-0.15, -0.1) is 17.5 Å². The molecule has 2 fully saturated rings. The van der Waals surface area contributed by atoms with E-state index in [1.54, 1.807) is 24.3 Å². The Bertz CT molecular complexity index is 1010. The van der Waals surface area contributed by atoms with Crippen LogP contribution in [0, 0.1) is 11.7 Å². The molecule has 1 saturated heterocycles. The number of aliphatic carboxylic acids is 1. The number of ketones is 1. The fourth-order valence-corrected chi connectivity index (χ4v) is 4.19. The Morgan fingerprint density at radius 1 is 1.28 bits per heavy atom. The summed E-state index contributed by atoms with van der Waals surface area (Å²) in [5.74, 6) is -0.815. The number of carboxylic acids is 1. The molecule has 1 N–H and O–H groups in total. The molecule has 11 heteroatoms. The highest BCUT2D eigenvalue weighted by atomic mass is 35.5. The van der Waals surface area contributed by atoms with Crippen molar-refractivity contribution in [3.8, 4) is 0 Å². The number of benzene rings is 1. The third-order valence-corrected chi connectivity index (χ3v) is 6.32. The van der Waals surface area contributed by atoms with Crippen molar-refractivity contribution in [1.82, 2.24) is 25.1 Å². The molecule has 0 amide bonds. The quantitative estimate of drug-likeness (QED) is 0.559. The van der Waals surface area contributed by atoms with Gasteiger partial charge in [0.1, 0.15) is 5.82 Å². The lowest BCUT2D eigenvalue weighted by atomic mass is 9.93. The van der Waals surface area contributed by atoms with Crippen LogP contribution in [0.25, 0.3) is 6.08 Å². The second-order valence-corrected chi connectivity index (χ2v) is 8.62. The number of carbonyl (C=O) groups excluding carboxylic acids is 1. The van der Waals surface area contributed by atoms with Crippen LogP contribution in [0.5, 0.6) is 0 Å². The number of hydrogen-bond donors (Lipinski definition) is 2. The van der Waals surface area contributed by atoms with Crippen LogP contribution < -0.4 is 0 Å². The van der Waals surface area contributed by atoms with E-state index in [1.165, 1.54) is 10.7 Å². The molecule has 0 bridgehead atoms. The van der Waals surface area contributed by atoms with Gasteiger partial charge < -0.3 is 5.11 Å². The van der Waals surface area contributed by atoms with Crippen molar-refractivity contribution in [2.75, 3.05) is 13.1 Å². The molecular formula is C21H25ClFN5O3S. The first-order valence-corrected chi connectivity index (χ1v) is 10.8. The summed E-state index contributed by atoms with van der Waals surface area (Å²) in [5, 5.41) is 20.4. The Kier molecular flexibility index (Phi) is 8.02. The van der Waals surface area contributed by atoms with E-state index >= 15 is 0 Å². The van der Waals surface area contributed by atoms with Crippen molar-refractivity contribution < 1.29 is 19.1 Å². The Morgan fingerprint density at radius 2 is 2.03 bits per heavy atom. The number of likely N-dealkylation sites (tertiary alicyclic amines) is 1. The Hall–Kier alpha value is -2.30. The smallest absolute Gasteiger partial charge is 0.305 e. The summed E-state index contributed by atoms with van der Waals surface area (Å²) in [4.78, 5) is 26.0. The van der Waals surface area contributed by atoms with Crippen LogP contribution >= 0.6 is 25.0 Å². The minimum atomic E-state index is -0.934. The average Bonchev–Trinajstić information content (AvgIpc) is 3.50. The zero-order chi connectivity index (χ0) is 22.0. The number of carbonyl (C=O) groups is 2. The molecule has 172 valence electrons. The molecule has 1 aromatic heterocycles. The third kappa shape index (κ3) is 5.54. The lowest BCUT2D eigenvalue weighted by Crippen LogP contribution is -2.42. The van der Waals surface area contributed by atoms with Crippen LogP contribution in [0.3, 0.4) is 0 Å². The Balaban J connectivity index is 0.00000289. The zero-order valence-corrected chi connectivity index (χ0v) is 19.0. The van der Waals surface area contributed by atoms with Gasteiger partial charge in [-0.25, -0.2) is 9.07 Å². The predicted molar refractivity (Wildman–Crippen MR) is 121 cm³/mol. The SMILES string of the molecule is Cl.O=C(O)CCn1nnnc1C=C1CN(C(C(=O)C2CC2)c2ccccc2F)CCC1S. The number of hydrogen-bond acceptors (Lipinski definition) is 7. The van der Waals surface area contributed by atoms with E-state index in [9.17, 15) is 14.0 Å². The van der Waals surface area contributed by atoms with Crippen molar-refractivity contribution in [1.29, 1.82) is 0 Å². The topological polar surface area (TPSA) is 101 Å². The summed E-state index contributed by atoms with van der Waals surface area (Å²) in [6, 6.07) is 5.81. The summed E-state index contributed by atoms with van der Waals surface area (Å²) in [6.45, 7) is 1.20. The summed E-state index contributed by atoms with van der Waals surface area (Å²) in [6.07, 6.45) is 4.10. The van der Waals surface area contributed by atoms with Gasteiger partial charge in [0.25, 0.3) is 0 Å². The van der Waals surface area contributed by atoms with E-state index in [0.29, 0.717) is 30.9 Å². The van der Waals surface area contributed by atoms with Crippen molar-refractivity contribution in [2.45, 2.75) is 43.5 Å². The fourth-order valence-electron chi connectivity index (χ4n) is 3.91. The molecule has 2 unspecified atom stereocenters. The first kappa shape index (κ1) is 24.3. The molecule has 1 aliphatic heterocycles. The molecule has 0 radical (unpaired) electrons. The molecule has 0 spiro atoms. The lowest BCUT2D eigenvalue weighted by molar-refractivity contribution is -0.137. The van der Waals surface area contributed by atoms with Gasteiger partial charge in [-0.1, -0.05) is 18.2 Å². The van der Waals surface area contributed by atoms with Crippen molar-refractivity contribution >= 4 is 42.9 Å². The Labute approximate surface area is 196 Å². The van der Waals surface area contributed by atoms with E-state index in [0.717, 1.165) is 18.4 Å². The standard InChI is InChI=1S/C21H24FN5O3S.ClH/c22-16-4-2-1-3-15(16)20(21(30)13-5-6-13)26-9-7-17(31)14(12-26)11-18-23-24-25-27(18)10-8-19(28)29;/h1-4,11,13,17,20,31H,5-10,12H2,(H,28,29);1H. The maximum absolute atomic E-state index is 14.6. The number of aryl methyl sites for hydroxylation is 1. The second-order valence-electron chi connectivity index (χ2n) is 8.00. The van der Waals surface area contributed by atoms with Crippen molar-refractivity contribution in [3.05, 3.63) is 47.0 Å². The molecule has 32 heavy (non-hydrogen) atoms. The lowest BCUT2D eigenvalue weighted by Gasteiger charge is -2.37. The largest absolute Gasteiger partial charge is 0.481 e. The van der Waals surface area contributed by atoms with Gasteiger partial charge in [0, 0.05) is 29.8 Å². The van der Waals surface area contributed by atoms with E-state index in [-0.39, 0.29) is 48.1 Å². The molecule has 1 saturated carbocycles. The minimum absolute atomic E-state index is 0. The normalized spacial score (nSPS) is 21.2. The highest BCUT2D eigenvalue weighted by Crippen LogP contribution is 2.39. The van der Waals surface area contributed by atoms with Gasteiger partial charge in [0.15, 0.2) is 11.6 Å². The number of carboxylic acid groups (broad SMARTS) is 1. The number of piperidine rings is 1. The van der Waals surface area contributed by atoms with Gasteiger partial charge in [0.05, 0.1) is 19.0 Å². The van der Waals surface area contributed by atoms with Crippen LogP contribution in [-0.4, -0.2) is 60.3 Å². The van der Waals surface area contributed by atoms with Gasteiger partial charge in [-0.05, 0) is 47.4 Å². The minimum Gasteiger partial charge on any atom is -0.481 e. The highest BCUT2D eigenvalue weighted by molar-refractivity contribution is 7.81. The van der Waals surface area contributed by atoms with Crippen LogP contribution in [0.15, 0.2) is 29.8 Å². The molecular weight excluding hydrogens is 457 g/mol. The van der Waals surface area contributed by atoms with Crippen LogP contribution in [0.4, 0.5) is 4.39 Å². The average molecular weight is 482 g/mol. The predicted octanol–water partition coefficient (Wildman–Crippen LogP) is 2.82. The molecule has 1 aliphatic carbocycles. The molecule has 2 aliphatic rings. The maximum Gasteiger partial charge on any atom is 0.305 e. The van der Waals surface area contributed by atoms with Crippen LogP contribution in [-0.2, 0) is 16.1 Å². The number of nitrogens with zero attached hydrogens (tertiary/aromatic N) is 5. The third-order valence-electron chi connectivity index (χ3n) is 5.73.